The van der Waals surface area contributed by atoms with Crippen LogP contribution in [0.1, 0.15) is 25.7 Å². The molecule has 24 heavy (non-hydrogen) atoms. The molecule has 0 spiro atoms. The van der Waals surface area contributed by atoms with Crippen LogP contribution in [0.4, 0.5) is 13.6 Å². The maximum Gasteiger partial charge on any atom is 0.317 e. The van der Waals surface area contributed by atoms with Crippen molar-refractivity contribution >= 4 is 12.0 Å². The van der Waals surface area contributed by atoms with E-state index in [4.69, 9.17) is 9.84 Å². The van der Waals surface area contributed by atoms with Crippen molar-refractivity contribution in [1.82, 2.24) is 10.2 Å². The molecule has 132 valence electrons. The molecule has 0 saturated carbocycles. The summed E-state index contributed by atoms with van der Waals surface area (Å²) in [7, 11) is 0. The Kier molecular flexibility index (Phi) is 6.34. The van der Waals surface area contributed by atoms with Gasteiger partial charge in [0.1, 0.15) is 11.9 Å². The second-order valence-corrected chi connectivity index (χ2v) is 5.61. The highest BCUT2D eigenvalue weighted by Crippen LogP contribution is 2.22. The predicted octanol–water partition coefficient (Wildman–Crippen LogP) is 2.38. The minimum Gasteiger partial charge on any atom is -0.487 e. The summed E-state index contributed by atoms with van der Waals surface area (Å²) < 4.78 is 31.9. The highest BCUT2D eigenvalue weighted by molar-refractivity contribution is 5.74. The van der Waals surface area contributed by atoms with Gasteiger partial charge in [-0.2, -0.15) is 0 Å². The Morgan fingerprint density at radius 3 is 2.62 bits per heavy atom. The number of rotatable bonds is 6. The van der Waals surface area contributed by atoms with Gasteiger partial charge in [-0.25, -0.2) is 13.6 Å². The van der Waals surface area contributed by atoms with Crippen molar-refractivity contribution in [2.45, 2.75) is 31.8 Å². The summed E-state index contributed by atoms with van der Waals surface area (Å²) in [5, 5.41) is 11.2. The summed E-state index contributed by atoms with van der Waals surface area (Å²) >= 11 is 0. The minimum atomic E-state index is -0.893. The van der Waals surface area contributed by atoms with Crippen molar-refractivity contribution in [3.8, 4) is 5.75 Å². The number of urea groups is 1. The van der Waals surface area contributed by atoms with Crippen molar-refractivity contribution < 1.29 is 28.2 Å². The monoisotopic (exact) mass is 342 g/mol. The molecule has 0 unspecified atom stereocenters. The maximum absolute atomic E-state index is 13.6. The van der Waals surface area contributed by atoms with Gasteiger partial charge in [0.15, 0.2) is 11.6 Å². The van der Waals surface area contributed by atoms with Gasteiger partial charge in [0.25, 0.3) is 0 Å². The summed E-state index contributed by atoms with van der Waals surface area (Å²) in [6.07, 6.45) is 1.24. The fourth-order valence-corrected chi connectivity index (χ4v) is 2.47. The number of carboxylic acids is 1. The first kappa shape index (κ1) is 18.0. The molecule has 1 aromatic rings. The fraction of sp³-hybridized carbons (Fsp3) is 0.500. The van der Waals surface area contributed by atoms with E-state index in [1.54, 1.807) is 4.90 Å². The molecule has 8 heteroatoms. The van der Waals surface area contributed by atoms with Gasteiger partial charge in [0.2, 0.25) is 0 Å². The highest BCUT2D eigenvalue weighted by Gasteiger charge is 2.24. The molecule has 1 aliphatic heterocycles. The van der Waals surface area contributed by atoms with Crippen molar-refractivity contribution in [2.75, 3.05) is 19.6 Å². The summed E-state index contributed by atoms with van der Waals surface area (Å²) in [5.74, 6) is -2.29. The Labute approximate surface area is 138 Å². The van der Waals surface area contributed by atoms with Crippen LogP contribution in [0.5, 0.6) is 5.75 Å². The molecule has 1 fully saturated rings. The molecule has 1 heterocycles. The van der Waals surface area contributed by atoms with E-state index >= 15 is 0 Å². The van der Waals surface area contributed by atoms with Crippen molar-refractivity contribution in [3.63, 3.8) is 0 Å². The standard InChI is InChI=1S/C16H20F2N2O4/c17-11-3-4-14(13(18)10-11)24-12-5-8-20(9-6-12)16(23)19-7-1-2-15(21)22/h3-4,10,12H,1-2,5-9H2,(H,19,23)(H,21,22). The van der Waals surface area contributed by atoms with Crippen LogP contribution >= 0.6 is 0 Å². The van der Waals surface area contributed by atoms with Gasteiger partial charge in [0, 0.05) is 45.0 Å². The van der Waals surface area contributed by atoms with Gasteiger partial charge in [-0.1, -0.05) is 0 Å². The van der Waals surface area contributed by atoms with E-state index in [1.807, 2.05) is 0 Å². The first-order chi connectivity index (χ1) is 11.5. The molecule has 1 aromatic carbocycles. The van der Waals surface area contributed by atoms with Crippen LogP contribution in [-0.2, 0) is 4.79 Å². The molecule has 6 nitrogen and oxygen atoms in total. The largest absolute Gasteiger partial charge is 0.487 e. The molecule has 0 aliphatic carbocycles. The molecule has 0 radical (unpaired) electrons. The lowest BCUT2D eigenvalue weighted by Gasteiger charge is -2.32. The number of hydrogen-bond donors (Lipinski definition) is 2. The van der Waals surface area contributed by atoms with Gasteiger partial charge < -0.3 is 20.1 Å². The quantitative estimate of drug-likeness (QED) is 0.778. The second-order valence-electron chi connectivity index (χ2n) is 5.61. The Bertz CT molecular complexity index is 589. The SMILES string of the molecule is O=C(O)CCCNC(=O)N1CCC(Oc2ccc(F)cc2F)CC1. The van der Waals surface area contributed by atoms with E-state index in [0.717, 1.165) is 12.1 Å². The average molecular weight is 342 g/mol. The number of likely N-dealkylation sites (tertiary alicyclic amines) is 1. The Morgan fingerprint density at radius 1 is 1.29 bits per heavy atom. The minimum absolute atomic E-state index is 0.00738. The Balaban J connectivity index is 1.72. The van der Waals surface area contributed by atoms with E-state index in [0.29, 0.717) is 38.9 Å². The number of carboxylic acid groups (broad SMARTS) is 1. The normalized spacial score (nSPS) is 15.2. The number of ether oxygens (including phenoxy) is 1. The molecule has 0 aromatic heterocycles. The van der Waals surface area contributed by atoms with Gasteiger partial charge in [-0.05, 0) is 18.6 Å². The van der Waals surface area contributed by atoms with Crippen molar-refractivity contribution in [2.24, 2.45) is 0 Å². The summed E-state index contributed by atoms with van der Waals surface area (Å²) in [6.45, 7) is 1.22. The predicted molar refractivity (Wildman–Crippen MR) is 81.8 cm³/mol. The van der Waals surface area contributed by atoms with Crippen LogP contribution < -0.4 is 10.1 Å². The van der Waals surface area contributed by atoms with Crippen LogP contribution in [0.3, 0.4) is 0 Å². The lowest BCUT2D eigenvalue weighted by atomic mass is 10.1. The molecule has 1 saturated heterocycles. The third-order valence-electron chi connectivity index (χ3n) is 3.76. The maximum atomic E-state index is 13.6. The molecule has 2 rings (SSSR count). The zero-order valence-corrected chi connectivity index (χ0v) is 13.1. The average Bonchev–Trinajstić information content (AvgIpc) is 2.54. The van der Waals surface area contributed by atoms with Gasteiger partial charge in [-0.15, -0.1) is 0 Å². The second kappa shape index (κ2) is 8.47. The molecule has 2 amide bonds. The van der Waals surface area contributed by atoms with Crippen LogP contribution in [-0.4, -0.2) is 47.7 Å². The number of benzene rings is 1. The summed E-state index contributed by atoms with van der Waals surface area (Å²) in [4.78, 5) is 23.9. The third-order valence-corrected chi connectivity index (χ3v) is 3.76. The smallest absolute Gasteiger partial charge is 0.317 e. The molecule has 0 bridgehead atoms. The molecule has 0 atom stereocenters. The van der Waals surface area contributed by atoms with E-state index in [2.05, 4.69) is 5.32 Å². The lowest BCUT2D eigenvalue weighted by Crippen LogP contribution is -2.46. The topological polar surface area (TPSA) is 78.9 Å². The number of carbonyl (C=O) groups excluding carboxylic acids is 1. The lowest BCUT2D eigenvalue weighted by molar-refractivity contribution is -0.137. The Hall–Kier alpha value is -2.38. The first-order valence-electron chi connectivity index (χ1n) is 7.82. The zero-order chi connectivity index (χ0) is 17.5. The Morgan fingerprint density at radius 2 is 2.00 bits per heavy atom. The zero-order valence-electron chi connectivity index (χ0n) is 13.1. The van der Waals surface area contributed by atoms with Gasteiger partial charge >= 0.3 is 12.0 Å². The van der Waals surface area contributed by atoms with Crippen molar-refractivity contribution in [1.29, 1.82) is 0 Å². The van der Waals surface area contributed by atoms with Crippen molar-refractivity contribution in [3.05, 3.63) is 29.8 Å². The number of hydrogen-bond acceptors (Lipinski definition) is 3. The first-order valence-corrected chi connectivity index (χ1v) is 7.82. The van der Waals surface area contributed by atoms with E-state index in [1.165, 1.54) is 6.07 Å². The van der Waals surface area contributed by atoms with Crippen LogP contribution in [0.25, 0.3) is 0 Å². The van der Waals surface area contributed by atoms with Gasteiger partial charge in [-0.3, -0.25) is 4.79 Å². The number of nitrogens with zero attached hydrogens (tertiary/aromatic N) is 1. The molecule has 2 N–H and O–H groups in total. The summed E-state index contributed by atoms with van der Waals surface area (Å²) in [5.41, 5.74) is 0. The molecular weight excluding hydrogens is 322 g/mol. The van der Waals surface area contributed by atoms with Gasteiger partial charge in [0.05, 0.1) is 0 Å². The van der Waals surface area contributed by atoms with Crippen LogP contribution in [0.2, 0.25) is 0 Å². The molecular formula is C16H20F2N2O4. The summed E-state index contributed by atoms with van der Waals surface area (Å²) in [6, 6.07) is 2.92. The number of nitrogens with one attached hydrogen (secondary N) is 1. The van der Waals surface area contributed by atoms with E-state index < -0.39 is 17.6 Å². The number of halogens is 2. The van der Waals surface area contributed by atoms with Crippen LogP contribution in [0.15, 0.2) is 18.2 Å². The highest BCUT2D eigenvalue weighted by atomic mass is 19.1. The third kappa shape index (κ3) is 5.36. The molecule has 1 aliphatic rings. The van der Waals surface area contributed by atoms with E-state index in [9.17, 15) is 18.4 Å². The number of carbonyl (C=O) groups is 2. The fourth-order valence-electron chi connectivity index (χ4n) is 2.47. The number of piperidine rings is 1. The van der Waals surface area contributed by atoms with Crippen LogP contribution in [0, 0.1) is 11.6 Å². The number of amides is 2. The number of aliphatic carboxylic acids is 1. The van der Waals surface area contributed by atoms with E-state index in [-0.39, 0.29) is 24.3 Å².